The first-order valence-corrected chi connectivity index (χ1v) is 9.60. The van der Waals surface area contributed by atoms with Crippen LogP contribution < -0.4 is 10.8 Å². The van der Waals surface area contributed by atoms with Gasteiger partial charge in [0.15, 0.2) is 0 Å². The fourth-order valence-electron chi connectivity index (χ4n) is 2.49. The Labute approximate surface area is 167 Å². The van der Waals surface area contributed by atoms with Crippen LogP contribution >= 0.6 is 22.6 Å². The summed E-state index contributed by atoms with van der Waals surface area (Å²) >= 11 is 2.08. The van der Waals surface area contributed by atoms with Crippen LogP contribution in [0, 0.1) is 0 Å². The first-order valence-electron chi connectivity index (χ1n) is 8.52. The number of halogens is 1. The van der Waals surface area contributed by atoms with Crippen molar-refractivity contribution in [3.8, 4) is 0 Å². The predicted octanol–water partition coefficient (Wildman–Crippen LogP) is 3.08. The van der Waals surface area contributed by atoms with Gasteiger partial charge in [0.25, 0.3) is 0 Å². The lowest BCUT2D eigenvalue weighted by Gasteiger charge is -2.32. The minimum Gasteiger partial charge on any atom is -0.399 e. The highest BCUT2D eigenvalue weighted by Gasteiger charge is 2.51. The van der Waals surface area contributed by atoms with Gasteiger partial charge in [-0.15, -0.1) is 0 Å². The van der Waals surface area contributed by atoms with Gasteiger partial charge in [-0.05, 0) is 53.1 Å². The van der Waals surface area contributed by atoms with Crippen LogP contribution in [0.1, 0.15) is 41.5 Å². The van der Waals surface area contributed by atoms with E-state index in [0.717, 1.165) is 16.4 Å². The molecular formula is C18H23BIN3O3. The van der Waals surface area contributed by atoms with Gasteiger partial charge in [0.1, 0.15) is 0 Å². The first kappa shape index (κ1) is 19.5. The van der Waals surface area contributed by atoms with Gasteiger partial charge in [-0.25, -0.2) is 9.97 Å². The standard InChI is InChI=1S/C18H23BIN3O3/c1-16(2,20)14(24)23-15-21-10-11-9-12(7-8-13(11)22-15)19-25-17(3,4)18(5,6)26-19/h7-10H,1-6H3,(H,21,22,23,24). The molecule has 8 heteroatoms. The number of nitrogens with one attached hydrogen (secondary N) is 1. The van der Waals surface area contributed by atoms with Crippen molar-refractivity contribution in [2.75, 3.05) is 5.32 Å². The van der Waals surface area contributed by atoms with Crippen molar-refractivity contribution in [1.82, 2.24) is 9.97 Å². The molecule has 2 heterocycles. The van der Waals surface area contributed by atoms with Crippen molar-refractivity contribution in [2.24, 2.45) is 0 Å². The second-order valence-electron chi connectivity index (χ2n) is 8.03. The minimum absolute atomic E-state index is 0.133. The molecule has 138 valence electrons. The monoisotopic (exact) mass is 467 g/mol. The van der Waals surface area contributed by atoms with E-state index in [4.69, 9.17) is 9.31 Å². The van der Waals surface area contributed by atoms with Crippen LogP contribution in [0.5, 0.6) is 0 Å². The highest BCUT2D eigenvalue weighted by molar-refractivity contribution is 14.1. The van der Waals surface area contributed by atoms with Crippen LogP contribution in [-0.2, 0) is 14.1 Å². The fourth-order valence-corrected chi connectivity index (χ4v) is 2.62. The maximum atomic E-state index is 12.1. The normalized spacial score (nSPS) is 19.0. The second kappa shape index (κ2) is 6.42. The van der Waals surface area contributed by atoms with E-state index in [1.165, 1.54) is 0 Å². The van der Waals surface area contributed by atoms with E-state index in [1.54, 1.807) is 6.20 Å². The number of amides is 1. The van der Waals surface area contributed by atoms with Crippen molar-refractivity contribution in [3.63, 3.8) is 0 Å². The average molecular weight is 467 g/mol. The number of hydrogen-bond donors (Lipinski definition) is 1. The third kappa shape index (κ3) is 3.72. The topological polar surface area (TPSA) is 73.3 Å². The van der Waals surface area contributed by atoms with Crippen molar-refractivity contribution < 1.29 is 14.1 Å². The molecule has 1 fully saturated rings. The Bertz CT molecular complexity index is 848. The number of rotatable bonds is 3. The van der Waals surface area contributed by atoms with Crippen molar-refractivity contribution in [1.29, 1.82) is 0 Å². The molecule has 1 saturated heterocycles. The van der Waals surface area contributed by atoms with Crippen molar-refractivity contribution >= 4 is 57.9 Å². The summed E-state index contributed by atoms with van der Waals surface area (Å²) in [5, 5.41) is 3.61. The summed E-state index contributed by atoms with van der Waals surface area (Å²) in [6, 6.07) is 5.79. The molecule has 0 radical (unpaired) electrons. The molecule has 6 nitrogen and oxygen atoms in total. The molecule has 0 bridgehead atoms. The Morgan fingerprint density at radius 1 is 1.19 bits per heavy atom. The highest BCUT2D eigenvalue weighted by atomic mass is 127. The molecule has 0 aliphatic carbocycles. The third-order valence-corrected chi connectivity index (χ3v) is 5.38. The molecule has 0 saturated carbocycles. The Hall–Kier alpha value is -1.26. The number of hydrogen-bond acceptors (Lipinski definition) is 5. The SMILES string of the molecule is CC(C)(I)C(=O)Nc1ncc2cc(B3OC(C)(C)C(C)(C)O3)ccc2n1. The Morgan fingerprint density at radius 3 is 2.38 bits per heavy atom. The van der Waals surface area contributed by atoms with Crippen LogP contribution in [0.25, 0.3) is 10.9 Å². The Kier molecular flexibility index (Phi) is 4.82. The number of anilines is 1. The fraction of sp³-hybridized carbons (Fsp3) is 0.500. The number of benzene rings is 1. The molecule has 1 N–H and O–H groups in total. The van der Waals surface area contributed by atoms with Crippen molar-refractivity contribution in [2.45, 2.75) is 56.2 Å². The summed E-state index contributed by atoms with van der Waals surface area (Å²) < 4.78 is 11.7. The van der Waals surface area contributed by atoms with Gasteiger partial charge in [-0.2, -0.15) is 0 Å². The average Bonchev–Trinajstić information content (AvgIpc) is 2.74. The van der Waals surface area contributed by atoms with Gasteiger partial charge >= 0.3 is 7.12 Å². The summed E-state index contributed by atoms with van der Waals surface area (Å²) in [6.45, 7) is 11.8. The molecule has 1 aromatic carbocycles. The number of carbonyl (C=O) groups is 1. The van der Waals surface area contributed by atoms with Gasteiger partial charge < -0.3 is 9.31 Å². The Balaban J connectivity index is 1.85. The summed E-state index contributed by atoms with van der Waals surface area (Å²) in [4.78, 5) is 20.8. The molecule has 26 heavy (non-hydrogen) atoms. The lowest BCUT2D eigenvalue weighted by atomic mass is 9.78. The van der Waals surface area contributed by atoms with Crippen LogP contribution in [0.15, 0.2) is 24.4 Å². The zero-order valence-corrected chi connectivity index (χ0v) is 18.0. The smallest absolute Gasteiger partial charge is 0.399 e. The summed E-state index contributed by atoms with van der Waals surface area (Å²) in [7, 11) is -0.427. The van der Waals surface area contributed by atoms with Crippen molar-refractivity contribution in [3.05, 3.63) is 24.4 Å². The summed E-state index contributed by atoms with van der Waals surface area (Å²) in [5.74, 6) is 0.168. The molecule has 1 aromatic heterocycles. The molecule has 1 amide bonds. The van der Waals surface area contributed by atoms with E-state index in [9.17, 15) is 4.79 Å². The number of nitrogens with zero attached hydrogens (tertiary/aromatic N) is 2. The molecule has 1 aliphatic heterocycles. The number of aromatic nitrogens is 2. The van der Waals surface area contributed by atoms with E-state index >= 15 is 0 Å². The maximum absolute atomic E-state index is 12.1. The number of fused-ring (bicyclic) bond motifs is 1. The van der Waals surface area contributed by atoms with E-state index in [-0.39, 0.29) is 17.1 Å². The third-order valence-electron chi connectivity index (χ3n) is 4.89. The summed E-state index contributed by atoms with van der Waals surface area (Å²) in [6.07, 6.45) is 1.70. The van der Waals surface area contributed by atoms with E-state index < -0.39 is 10.5 Å². The number of carbonyl (C=O) groups excluding carboxylic acids is 1. The highest BCUT2D eigenvalue weighted by Crippen LogP contribution is 2.36. The van der Waals surface area contributed by atoms with Crippen LogP contribution in [0.2, 0.25) is 0 Å². The quantitative estimate of drug-likeness (QED) is 0.427. The van der Waals surface area contributed by atoms with E-state index in [0.29, 0.717) is 5.95 Å². The van der Waals surface area contributed by atoms with Gasteiger partial charge in [0.05, 0.1) is 20.1 Å². The zero-order chi connectivity index (χ0) is 19.3. The predicted molar refractivity (Wildman–Crippen MR) is 112 cm³/mol. The molecule has 1 aliphatic rings. The largest absolute Gasteiger partial charge is 0.494 e. The van der Waals surface area contributed by atoms with Gasteiger partial charge in [0.2, 0.25) is 11.9 Å². The minimum atomic E-state index is -0.531. The lowest BCUT2D eigenvalue weighted by Crippen LogP contribution is -2.41. The van der Waals surface area contributed by atoms with E-state index in [2.05, 4.69) is 37.9 Å². The van der Waals surface area contributed by atoms with Gasteiger partial charge in [-0.1, -0.05) is 34.7 Å². The molecule has 3 rings (SSSR count). The zero-order valence-electron chi connectivity index (χ0n) is 15.9. The first-order chi connectivity index (χ1) is 11.9. The maximum Gasteiger partial charge on any atom is 0.494 e. The van der Waals surface area contributed by atoms with Crippen LogP contribution in [-0.4, -0.2) is 37.6 Å². The molecule has 2 aromatic rings. The second-order valence-corrected chi connectivity index (χ2v) is 10.7. The van der Waals surface area contributed by atoms with E-state index in [1.807, 2.05) is 59.7 Å². The summed E-state index contributed by atoms with van der Waals surface area (Å²) in [5.41, 5.74) is 0.902. The Morgan fingerprint density at radius 2 is 1.81 bits per heavy atom. The van der Waals surface area contributed by atoms with Gasteiger partial charge in [0, 0.05) is 11.6 Å². The van der Waals surface area contributed by atoms with Gasteiger partial charge in [-0.3, -0.25) is 10.1 Å². The molecule has 0 atom stereocenters. The molecular weight excluding hydrogens is 444 g/mol. The molecule has 0 spiro atoms. The van der Waals surface area contributed by atoms with Crippen LogP contribution in [0.3, 0.4) is 0 Å². The molecule has 0 unspecified atom stereocenters. The van der Waals surface area contributed by atoms with Crippen LogP contribution in [0.4, 0.5) is 5.95 Å². The lowest BCUT2D eigenvalue weighted by molar-refractivity contribution is -0.117. The number of alkyl halides is 1.